The van der Waals surface area contributed by atoms with Crippen molar-refractivity contribution in [2.24, 2.45) is 5.73 Å². The number of hydrogen-bond donors (Lipinski definition) is 2. The molecular weight excluding hydrogens is 230 g/mol. The average molecular weight is 237 g/mol. The zero-order valence-electron chi connectivity index (χ0n) is 7.81. The van der Waals surface area contributed by atoms with Gasteiger partial charge in [0.05, 0.1) is 0 Å². The van der Waals surface area contributed by atoms with E-state index in [9.17, 15) is 22.4 Å². The van der Waals surface area contributed by atoms with Crippen molar-refractivity contribution < 1.29 is 27.5 Å². The predicted molar refractivity (Wildman–Crippen MR) is 45.6 cm³/mol. The monoisotopic (exact) mass is 237 g/mol. The molecule has 3 N–H and O–H groups in total. The standard InChI is InChI=1S/C9H7F4NO2/c10-4-1-3(2-5(14)9(15)16)6(11)8(13)7(4)12/h1,5H,2,14H2,(H,15,16). The third-order valence-corrected chi connectivity index (χ3v) is 1.93. The molecule has 0 saturated heterocycles. The van der Waals surface area contributed by atoms with E-state index < -0.39 is 47.3 Å². The van der Waals surface area contributed by atoms with Gasteiger partial charge >= 0.3 is 5.97 Å². The molecule has 1 aromatic rings. The van der Waals surface area contributed by atoms with E-state index >= 15 is 0 Å². The second-order valence-corrected chi connectivity index (χ2v) is 3.11. The Morgan fingerprint density at radius 3 is 2.31 bits per heavy atom. The Morgan fingerprint density at radius 2 is 1.81 bits per heavy atom. The zero-order valence-corrected chi connectivity index (χ0v) is 7.81. The molecule has 0 aliphatic carbocycles. The van der Waals surface area contributed by atoms with E-state index in [4.69, 9.17) is 10.8 Å². The summed E-state index contributed by atoms with van der Waals surface area (Å²) in [4.78, 5) is 10.3. The Kier molecular flexibility index (Phi) is 3.48. The van der Waals surface area contributed by atoms with Gasteiger partial charge in [0, 0.05) is 6.42 Å². The van der Waals surface area contributed by atoms with Crippen molar-refractivity contribution in [2.75, 3.05) is 0 Å². The first kappa shape index (κ1) is 12.4. The molecule has 1 unspecified atom stereocenters. The van der Waals surface area contributed by atoms with Crippen LogP contribution < -0.4 is 5.73 Å². The summed E-state index contributed by atoms with van der Waals surface area (Å²) >= 11 is 0. The minimum atomic E-state index is -1.98. The Morgan fingerprint density at radius 1 is 1.25 bits per heavy atom. The molecule has 88 valence electrons. The van der Waals surface area contributed by atoms with Crippen LogP contribution in [0, 0.1) is 23.3 Å². The molecular formula is C9H7F4NO2. The first-order valence-corrected chi connectivity index (χ1v) is 4.14. The van der Waals surface area contributed by atoms with Gasteiger partial charge in [-0.15, -0.1) is 0 Å². The van der Waals surface area contributed by atoms with Crippen molar-refractivity contribution in [1.29, 1.82) is 0 Å². The van der Waals surface area contributed by atoms with Gasteiger partial charge in [-0.3, -0.25) is 4.79 Å². The molecule has 0 aliphatic rings. The zero-order chi connectivity index (χ0) is 12.5. The third-order valence-electron chi connectivity index (χ3n) is 1.93. The first-order chi connectivity index (χ1) is 7.34. The number of carbonyl (C=O) groups is 1. The van der Waals surface area contributed by atoms with Crippen LogP contribution in [0.4, 0.5) is 17.6 Å². The quantitative estimate of drug-likeness (QED) is 0.471. The number of benzene rings is 1. The third kappa shape index (κ3) is 2.30. The molecule has 0 radical (unpaired) electrons. The highest BCUT2D eigenvalue weighted by atomic mass is 19.2. The van der Waals surface area contributed by atoms with Crippen molar-refractivity contribution in [3.63, 3.8) is 0 Å². The van der Waals surface area contributed by atoms with Crippen LogP contribution in [0.5, 0.6) is 0 Å². The minimum Gasteiger partial charge on any atom is -0.480 e. The van der Waals surface area contributed by atoms with Gasteiger partial charge in [-0.2, -0.15) is 0 Å². The number of carboxylic acids is 1. The number of aliphatic carboxylic acids is 1. The summed E-state index contributed by atoms with van der Waals surface area (Å²) in [5.74, 6) is -8.59. The normalized spacial score (nSPS) is 12.6. The fraction of sp³-hybridized carbons (Fsp3) is 0.222. The maximum atomic E-state index is 13.0. The lowest BCUT2D eigenvalue weighted by atomic mass is 10.1. The van der Waals surface area contributed by atoms with Gasteiger partial charge < -0.3 is 10.8 Å². The Labute approximate surface area is 87.5 Å². The second kappa shape index (κ2) is 4.48. The Balaban J connectivity index is 3.11. The van der Waals surface area contributed by atoms with Crippen molar-refractivity contribution in [1.82, 2.24) is 0 Å². The van der Waals surface area contributed by atoms with E-state index in [-0.39, 0.29) is 0 Å². The fourth-order valence-corrected chi connectivity index (χ4v) is 1.09. The van der Waals surface area contributed by atoms with Crippen molar-refractivity contribution >= 4 is 5.97 Å². The van der Waals surface area contributed by atoms with Gasteiger partial charge in [0.1, 0.15) is 6.04 Å². The van der Waals surface area contributed by atoms with Gasteiger partial charge in [0.25, 0.3) is 0 Å². The lowest BCUT2D eigenvalue weighted by Gasteiger charge is -2.08. The highest BCUT2D eigenvalue weighted by molar-refractivity contribution is 5.73. The molecule has 1 rings (SSSR count). The summed E-state index contributed by atoms with van der Waals surface area (Å²) in [6.45, 7) is 0. The van der Waals surface area contributed by atoms with E-state index in [0.29, 0.717) is 6.07 Å². The summed E-state index contributed by atoms with van der Waals surface area (Å²) in [7, 11) is 0. The summed E-state index contributed by atoms with van der Waals surface area (Å²) in [6.07, 6.45) is -0.630. The average Bonchev–Trinajstić information content (AvgIpc) is 2.22. The summed E-state index contributed by atoms with van der Waals surface area (Å²) in [6, 6.07) is -1.13. The first-order valence-electron chi connectivity index (χ1n) is 4.14. The number of hydrogen-bond acceptors (Lipinski definition) is 2. The number of nitrogens with two attached hydrogens (primary N) is 1. The van der Waals surface area contributed by atoms with Crippen LogP contribution in [-0.2, 0) is 11.2 Å². The molecule has 0 spiro atoms. The summed E-state index contributed by atoms with van der Waals surface area (Å²) in [5, 5.41) is 8.42. The highest BCUT2D eigenvalue weighted by Gasteiger charge is 2.22. The number of halogens is 4. The summed E-state index contributed by atoms with van der Waals surface area (Å²) < 4.78 is 51.0. The van der Waals surface area contributed by atoms with Gasteiger partial charge in [-0.05, 0) is 11.6 Å². The molecule has 1 atom stereocenters. The van der Waals surface area contributed by atoms with E-state index in [2.05, 4.69) is 0 Å². The molecule has 0 amide bonds. The van der Waals surface area contributed by atoms with E-state index in [1.54, 1.807) is 0 Å². The molecule has 0 aliphatic heterocycles. The smallest absolute Gasteiger partial charge is 0.320 e. The van der Waals surface area contributed by atoms with Crippen LogP contribution in [-0.4, -0.2) is 17.1 Å². The van der Waals surface area contributed by atoms with Crippen LogP contribution in [0.25, 0.3) is 0 Å². The predicted octanol–water partition coefficient (Wildman–Crippen LogP) is 1.20. The van der Waals surface area contributed by atoms with E-state index in [0.717, 1.165) is 0 Å². The molecule has 7 heteroatoms. The number of rotatable bonds is 3. The molecule has 0 saturated carbocycles. The van der Waals surface area contributed by atoms with Gasteiger partial charge in [0.15, 0.2) is 23.3 Å². The van der Waals surface area contributed by atoms with Gasteiger partial charge in [0.2, 0.25) is 0 Å². The van der Waals surface area contributed by atoms with E-state index in [1.807, 2.05) is 0 Å². The largest absolute Gasteiger partial charge is 0.480 e. The Bertz CT molecular complexity index is 436. The van der Waals surface area contributed by atoms with Crippen LogP contribution >= 0.6 is 0 Å². The van der Waals surface area contributed by atoms with Crippen LogP contribution in [0.1, 0.15) is 5.56 Å². The van der Waals surface area contributed by atoms with Crippen LogP contribution in [0.15, 0.2) is 6.07 Å². The fourth-order valence-electron chi connectivity index (χ4n) is 1.09. The van der Waals surface area contributed by atoms with Crippen molar-refractivity contribution in [3.8, 4) is 0 Å². The lowest BCUT2D eigenvalue weighted by Crippen LogP contribution is -2.32. The second-order valence-electron chi connectivity index (χ2n) is 3.11. The van der Waals surface area contributed by atoms with Gasteiger partial charge in [-0.1, -0.05) is 0 Å². The van der Waals surface area contributed by atoms with Crippen molar-refractivity contribution in [3.05, 3.63) is 34.9 Å². The maximum absolute atomic E-state index is 13.0. The SMILES string of the molecule is NC(Cc1cc(F)c(F)c(F)c1F)C(=O)O. The highest BCUT2D eigenvalue weighted by Crippen LogP contribution is 2.19. The number of carboxylic acid groups (broad SMARTS) is 1. The molecule has 0 aromatic heterocycles. The maximum Gasteiger partial charge on any atom is 0.320 e. The van der Waals surface area contributed by atoms with Crippen LogP contribution in [0.3, 0.4) is 0 Å². The van der Waals surface area contributed by atoms with Crippen molar-refractivity contribution in [2.45, 2.75) is 12.5 Å². The Hall–Kier alpha value is -1.63. The molecule has 0 fully saturated rings. The van der Waals surface area contributed by atoms with Crippen LogP contribution in [0.2, 0.25) is 0 Å². The molecule has 1 aromatic carbocycles. The van der Waals surface area contributed by atoms with Gasteiger partial charge in [-0.25, -0.2) is 17.6 Å². The molecule has 16 heavy (non-hydrogen) atoms. The minimum absolute atomic E-state index is 0.385. The summed E-state index contributed by atoms with van der Waals surface area (Å²) in [5.41, 5.74) is 4.43. The lowest BCUT2D eigenvalue weighted by molar-refractivity contribution is -0.138. The topological polar surface area (TPSA) is 63.3 Å². The molecule has 0 heterocycles. The molecule has 3 nitrogen and oxygen atoms in total. The van der Waals surface area contributed by atoms with E-state index in [1.165, 1.54) is 0 Å². The molecule has 0 bridgehead atoms.